The van der Waals surface area contributed by atoms with Gasteiger partial charge in [-0.1, -0.05) is 18.2 Å². The quantitative estimate of drug-likeness (QED) is 0.749. The summed E-state index contributed by atoms with van der Waals surface area (Å²) in [6.45, 7) is 0. The predicted molar refractivity (Wildman–Crippen MR) is 77.0 cm³/mol. The number of carbonyl (C=O) groups excluding carboxylic acids is 1. The zero-order valence-electron chi connectivity index (χ0n) is 11.1. The van der Waals surface area contributed by atoms with Gasteiger partial charge in [-0.2, -0.15) is 5.11 Å². The molecule has 0 saturated heterocycles. The van der Waals surface area contributed by atoms with Gasteiger partial charge in [-0.25, -0.2) is 9.78 Å². The molecule has 2 rings (SSSR count). The molecular formula is C13H13N5O3. The van der Waals surface area contributed by atoms with Gasteiger partial charge >= 0.3 is 6.09 Å². The number of ether oxygens (including phenoxy) is 1. The van der Waals surface area contributed by atoms with Crippen LogP contribution in [0, 0.1) is 0 Å². The van der Waals surface area contributed by atoms with Crippen LogP contribution in [0.1, 0.15) is 0 Å². The van der Waals surface area contributed by atoms with E-state index in [2.05, 4.69) is 25.3 Å². The standard InChI is InChI=1S/C13H13N5O3/c1-21-13(20)16-12-10(19)7-9(11(14)15-12)18-17-8-5-3-2-4-6-8/h2-7,19H,1H3,(H3,14,15,16,20). The third-order valence-electron chi connectivity index (χ3n) is 2.45. The first-order valence-electron chi connectivity index (χ1n) is 5.91. The van der Waals surface area contributed by atoms with E-state index in [4.69, 9.17) is 5.73 Å². The first-order valence-corrected chi connectivity index (χ1v) is 5.91. The van der Waals surface area contributed by atoms with Gasteiger partial charge < -0.3 is 15.6 Å². The van der Waals surface area contributed by atoms with Crippen LogP contribution < -0.4 is 11.1 Å². The lowest BCUT2D eigenvalue weighted by Crippen LogP contribution is -2.12. The lowest BCUT2D eigenvalue weighted by atomic mass is 10.3. The molecule has 0 radical (unpaired) electrons. The van der Waals surface area contributed by atoms with Crippen molar-refractivity contribution in [3.8, 4) is 5.75 Å². The van der Waals surface area contributed by atoms with Crippen molar-refractivity contribution in [3.05, 3.63) is 36.4 Å². The molecular weight excluding hydrogens is 274 g/mol. The smallest absolute Gasteiger partial charge is 0.412 e. The molecule has 21 heavy (non-hydrogen) atoms. The molecule has 8 nitrogen and oxygen atoms in total. The Morgan fingerprint density at radius 2 is 2.05 bits per heavy atom. The molecule has 1 aromatic carbocycles. The minimum Gasteiger partial charge on any atom is -0.504 e. The summed E-state index contributed by atoms with van der Waals surface area (Å²) in [6, 6.07) is 10.3. The summed E-state index contributed by atoms with van der Waals surface area (Å²) in [5.41, 5.74) is 6.52. The number of pyridine rings is 1. The van der Waals surface area contributed by atoms with E-state index in [1.807, 2.05) is 18.2 Å². The number of aromatic nitrogens is 1. The monoisotopic (exact) mass is 287 g/mol. The normalized spacial score (nSPS) is 10.5. The Labute approximate surface area is 120 Å². The second-order valence-corrected chi connectivity index (χ2v) is 3.91. The summed E-state index contributed by atoms with van der Waals surface area (Å²) in [6.07, 6.45) is -0.768. The molecule has 8 heteroatoms. The second kappa shape index (κ2) is 6.33. The van der Waals surface area contributed by atoms with Gasteiger partial charge in [-0.15, -0.1) is 5.11 Å². The number of nitrogens with zero attached hydrogens (tertiary/aromatic N) is 3. The van der Waals surface area contributed by atoms with E-state index in [1.54, 1.807) is 12.1 Å². The van der Waals surface area contributed by atoms with Crippen LogP contribution >= 0.6 is 0 Å². The summed E-state index contributed by atoms with van der Waals surface area (Å²) in [5.74, 6) is -0.395. The van der Waals surface area contributed by atoms with Gasteiger partial charge in [0.15, 0.2) is 17.4 Å². The molecule has 0 fully saturated rings. The maximum atomic E-state index is 11.1. The van der Waals surface area contributed by atoms with Crippen LogP contribution in [0.4, 0.5) is 27.8 Å². The Bertz CT molecular complexity index is 673. The molecule has 0 unspecified atom stereocenters. The number of nitrogen functional groups attached to an aromatic ring is 1. The number of rotatable bonds is 3. The van der Waals surface area contributed by atoms with Gasteiger partial charge in [0, 0.05) is 6.07 Å². The number of azo groups is 1. The van der Waals surface area contributed by atoms with Crippen molar-refractivity contribution in [1.82, 2.24) is 4.98 Å². The topological polar surface area (TPSA) is 122 Å². The molecule has 0 aliphatic heterocycles. The van der Waals surface area contributed by atoms with Gasteiger partial charge in [-0.05, 0) is 12.1 Å². The van der Waals surface area contributed by atoms with E-state index < -0.39 is 6.09 Å². The molecule has 0 saturated carbocycles. The van der Waals surface area contributed by atoms with Crippen molar-refractivity contribution in [2.45, 2.75) is 0 Å². The van der Waals surface area contributed by atoms with Gasteiger partial charge in [0.2, 0.25) is 0 Å². The van der Waals surface area contributed by atoms with Crippen LogP contribution in [0.3, 0.4) is 0 Å². The molecule has 108 valence electrons. The average Bonchev–Trinajstić information content (AvgIpc) is 2.50. The number of methoxy groups -OCH3 is 1. The lowest BCUT2D eigenvalue weighted by molar-refractivity contribution is 0.186. The summed E-state index contributed by atoms with van der Waals surface area (Å²) in [4.78, 5) is 14.9. The zero-order chi connectivity index (χ0) is 15.2. The third kappa shape index (κ3) is 3.66. The zero-order valence-corrected chi connectivity index (χ0v) is 11.1. The molecule has 4 N–H and O–H groups in total. The highest BCUT2D eigenvalue weighted by molar-refractivity contribution is 5.86. The van der Waals surface area contributed by atoms with Crippen LogP contribution in [0.15, 0.2) is 46.6 Å². The van der Waals surface area contributed by atoms with E-state index in [0.717, 1.165) is 0 Å². The van der Waals surface area contributed by atoms with Crippen molar-refractivity contribution in [1.29, 1.82) is 0 Å². The van der Waals surface area contributed by atoms with Crippen molar-refractivity contribution in [3.63, 3.8) is 0 Å². The van der Waals surface area contributed by atoms with Gasteiger partial charge in [0.05, 0.1) is 12.8 Å². The minimum atomic E-state index is -0.768. The number of benzene rings is 1. The van der Waals surface area contributed by atoms with Crippen LogP contribution in [-0.2, 0) is 4.74 Å². The Morgan fingerprint density at radius 1 is 1.33 bits per heavy atom. The maximum Gasteiger partial charge on any atom is 0.412 e. The predicted octanol–water partition coefficient (Wildman–Crippen LogP) is 2.96. The second-order valence-electron chi connectivity index (χ2n) is 3.91. The van der Waals surface area contributed by atoms with E-state index in [1.165, 1.54) is 13.2 Å². The largest absolute Gasteiger partial charge is 0.504 e. The van der Waals surface area contributed by atoms with Gasteiger partial charge in [0.25, 0.3) is 0 Å². The molecule has 0 aliphatic carbocycles. The fraction of sp³-hybridized carbons (Fsp3) is 0.0769. The first kappa shape index (κ1) is 14.3. The van der Waals surface area contributed by atoms with E-state index in [9.17, 15) is 9.90 Å². The Kier molecular flexibility index (Phi) is 4.30. The molecule has 0 atom stereocenters. The summed E-state index contributed by atoms with van der Waals surface area (Å²) < 4.78 is 4.40. The number of nitrogens with one attached hydrogen (secondary N) is 1. The number of nitrogens with two attached hydrogens (primary N) is 1. The average molecular weight is 287 g/mol. The number of aromatic hydroxyl groups is 1. The van der Waals surface area contributed by atoms with Crippen molar-refractivity contribution >= 4 is 29.1 Å². The lowest BCUT2D eigenvalue weighted by Gasteiger charge is -2.07. The number of hydrogen-bond donors (Lipinski definition) is 3. The highest BCUT2D eigenvalue weighted by Crippen LogP contribution is 2.31. The van der Waals surface area contributed by atoms with Crippen molar-refractivity contribution < 1.29 is 14.6 Å². The fourth-order valence-electron chi connectivity index (χ4n) is 1.43. The first-order chi connectivity index (χ1) is 10.1. The van der Waals surface area contributed by atoms with Crippen LogP contribution in [0.5, 0.6) is 5.75 Å². The Hall–Kier alpha value is -3.16. The summed E-state index contributed by atoms with van der Waals surface area (Å²) in [7, 11) is 1.19. The fourth-order valence-corrected chi connectivity index (χ4v) is 1.43. The van der Waals surface area contributed by atoms with E-state index in [0.29, 0.717) is 5.69 Å². The molecule has 0 aliphatic rings. The molecule has 0 bridgehead atoms. The molecule has 2 aromatic rings. The third-order valence-corrected chi connectivity index (χ3v) is 2.45. The van der Waals surface area contributed by atoms with Crippen LogP contribution in [0.2, 0.25) is 0 Å². The molecule has 1 aromatic heterocycles. The number of anilines is 2. The van der Waals surface area contributed by atoms with E-state index >= 15 is 0 Å². The maximum absolute atomic E-state index is 11.1. The number of hydrogen-bond acceptors (Lipinski definition) is 7. The molecule has 1 heterocycles. The molecule has 0 spiro atoms. The molecule has 1 amide bonds. The number of amides is 1. The van der Waals surface area contributed by atoms with Crippen molar-refractivity contribution in [2.24, 2.45) is 10.2 Å². The Morgan fingerprint density at radius 3 is 2.71 bits per heavy atom. The van der Waals surface area contributed by atoms with Crippen LogP contribution in [-0.4, -0.2) is 23.3 Å². The highest BCUT2D eigenvalue weighted by Gasteiger charge is 2.11. The Balaban J connectivity index is 2.24. The van der Waals surface area contributed by atoms with E-state index in [-0.39, 0.29) is 23.1 Å². The van der Waals surface area contributed by atoms with Crippen LogP contribution in [0.25, 0.3) is 0 Å². The summed E-state index contributed by atoms with van der Waals surface area (Å²) in [5, 5.41) is 19.9. The number of carbonyl (C=O) groups is 1. The van der Waals surface area contributed by atoms with Crippen molar-refractivity contribution in [2.75, 3.05) is 18.2 Å². The highest BCUT2D eigenvalue weighted by atomic mass is 16.5. The van der Waals surface area contributed by atoms with Gasteiger partial charge in [-0.3, -0.25) is 5.32 Å². The SMILES string of the molecule is COC(=O)Nc1nc(N)c(N=Nc2ccccc2)cc1O. The minimum absolute atomic E-state index is 0.0129. The van der Waals surface area contributed by atoms with Gasteiger partial charge in [0.1, 0.15) is 5.69 Å². The summed E-state index contributed by atoms with van der Waals surface area (Å²) >= 11 is 0.